The molecule has 0 aliphatic rings. The fraction of sp³-hybridized carbons (Fsp3) is 0.182. The summed E-state index contributed by atoms with van der Waals surface area (Å²) < 4.78 is 0. The average molecular weight is 392 g/mol. The van der Waals surface area contributed by atoms with E-state index in [1.54, 1.807) is 0 Å². The molecule has 0 radical (unpaired) electrons. The van der Waals surface area contributed by atoms with Crippen LogP contribution in [0.2, 0.25) is 5.02 Å². The molecule has 6 heteroatoms. The molecule has 0 amide bonds. The van der Waals surface area contributed by atoms with Gasteiger partial charge < -0.3 is 15.6 Å². The maximum absolute atomic E-state index is 6.04. The maximum atomic E-state index is 6.04. The van der Waals surface area contributed by atoms with Crippen molar-refractivity contribution in [1.82, 2.24) is 15.0 Å². The molecule has 0 unspecified atom stereocenters. The van der Waals surface area contributed by atoms with Crippen molar-refractivity contribution in [3.8, 4) is 0 Å². The number of fused-ring (bicyclic) bond motifs is 1. The van der Waals surface area contributed by atoms with Crippen molar-refractivity contribution in [1.29, 1.82) is 0 Å². The van der Waals surface area contributed by atoms with Gasteiger partial charge in [-0.2, -0.15) is 4.98 Å². The van der Waals surface area contributed by atoms with Crippen LogP contribution in [-0.2, 0) is 6.42 Å². The minimum atomic E-state index is 0.619. The summed E-state index contributed by atoms with van der Waals surface area (Å²) in [5.41, 5.74) is 5.39. The lowest BCUT2D eigenvalue weighted by Gasteiger charge is -2.12. The van der Waals surface area contributed by atoms with Crippen LogP contribution in [0, 0.1) is 13.8 Å². The van der Waals surface area contributed by atoms with E-state index in [1.807, 2.05) is 44.2 Å². The Kier molecular flexibility index (Phi) is 5.17. The van der Waals surface area contributed by atoms with Crippen molar-refractivity contribution in [2.75, 3.05) is 17.2 Å². The number of benzene rings is 2. The number of aromatic nitrogens is 3. The number of para-hydroxylation sites is 1. The highest BCUT2D eigenvalue weighted by molar-refractivity contribution is 6.30. The van der Waals surface area contributed by atoms with Gasteiger partial charge in [0, 0.05) is 46.1 Å². The monoisotopic (exact) mass is 391 g/mol. The first kappa shape index (κ1) is 18.3. The lowest BCUT2D eigenvalue weighted by molar-refractivity contribution is 0.981. The number of hydrogen-bond donors (Lipinski definition) is 3. The SMILES string of the molecule is Cc1cc(Nc2ccc(Cl)cc2C)nc(NCCc2c[nH]c3ccccc23)n1. The van der Waals surface area contributed by atoms with E-state index >= 15 is 0 Å². The standard InChI is InChI=1S/C22H22ClN5/c1-14-11-17(23)7-8-19(14)27-21-12-15(2)26-22(28-21)24-10-9-16-13-25-20-6-4-3-5-18(16)20/h3-8,11-13,25H,9-10H2,1-2H3,(H2,24,26,27,28). The maximum Gasteiger partial charge on any atom is 0.224 e. The highest BCUT2D eigenvalue weighted by Crippen LogP contribution is 2.23. The van der Waals surface area contributed by atoms with Crippen molar-refractivity contribution >= 4 is 40.0 Å². The van der Waals surface area contributed by atoms with Crippen LogP contribution in [-0.4, -0.2) is 21.5 Å². The molecule has 0 saturated carbocycles. The van der Waals surface area contributed by atoms with E-state index in [1.165, 1.54) is 10.9 Å². The summed E-state index contributed by atoms with van der Waals surface area (Å²) in [6.07, 6.45) is 2.96. The van der Waals surface area contributed by atoms with Crippen LogP contribution < -0.4 is 10.6 Å². The molecule has 4 rings (SSSR count). The van der Waals surface area contributed by atoms with Crippen LogP contribution in [0.4, 0.5) is 17.5 Å². The predicted octanol–water partition coefficient (Wildman–Crippen LogP) is 5.63. The first-order valence-corrected chi connectivity index (χ1v) is 9.64. The third-order valence-corrected chi connectivity index (χ3v) is 4.89. The Labute approximate surface area is 169 Å². The second-order valence-electron chi connectivity index (χ2n) is 6.84. The van der Waals surface area contributed by atoms with Gasteiger partial charge in [-0.05, 0) is 55.7 Å². The largest absolute Gasteiger partial charge is 0.361 e. The van der Waals surface area contributed by atoms with E-state index in [-0.39, 0.29) is 0 Å². The molecule has 28 heavy (non-hydrogen) atoms. The van der Waals surface area contributed by atoms with E-state index < -0.39 is 0 Å². The number of H-pyrrole nitrogens is 1. The van der Waals surface area contributed by atoms with Gasteiger partial charge in [-0.25, -0.2) is 4.98 Å². The summed E-state index contributed by atoms with van der Waals surface area (Å²) in [6, 6.07) is 16.0. The lowest BCUT2D eigenvalue weighted by Crippen LogP contribution is -2.09. The fourth-order valence-electron chi connectivity index (χ4n) is 3.26. The molecule has 0 atom stereocenters. The van der Waals surface area contributed by atoms with Gasteiger partial charge in [0.2, 0.25) is 5.95 Å². The first-order valence-electron chi connectivity index (χ1n) is 9.26. The van der Waals surface area contributed by atoms with E-state index in [2.05, 4.69) is 50.0 Å². The number of anilines is 3. The summed E-state index contributed by atoms with van der Waals surface area (Å²) in [5.74, 6) is 1.38. The predicted molar refractivity (Wildman–Crippen MR) is 117 cm³/mol. The van der Waals surface area contributed by atoms with Gasteiger partial charge >= 0.3 is 0 Å². The third-order valence-electron chi connectivity index (χ3n) is 4.66. The van der Waals surface area contributed by atoms with Crippen molar-refractivity contribution in [2.45, 2.75) is 20.3 Å². The van der Waals surface area contributed by atoms with E-state index in [9.17, 15) is 0 Å². The number of aryl methyl sites for hydroxylation is 2. The fourth-order valence-corrected chi connectivity index (χ4v) is 3.49. The first-order chi connectivity index (χ1) is 13.6. The van der Waals surface area contributed by atoms with Crippen molar-refractivity contribution < 1.29 is 0 Å². The van der Waals surface area contributed by atoms with Crippen LogP contribution in [0.1, 0.15) is 16.8 Å². The van der Waals surface area contributed by atoms with Crippen LogP contribution in [0.5, 0.6) is 0 Å². The van der Waals surface area contributed by atoms with E-state index in [4.69, 9.17) is 11.6 Å². The average Bonchev–Trinajstić information content (AvgIpc) is 3.07. The molecule has 0 aliphatic heterocycles. The highest BCUT2D eigenvalue weighted by atomic mass is 35.5. The normalized spacial score (nSPS) is 11.0. The van der Waals surface area contributed by atoms with Crippen molar-refractivity contribution in [3.63, 3.8) is 0 Å². The van der Waals surface area contributed by atoms with Gasteiger partial charge in [0.15, 0.2) is 0 Å². The number of hydrogen-bond acceptors (Lipinski definition) is 4. The minimum Gasteiger partial charge on any atom is -0.361 e. The Morgan fingerprint density at radius 1 is 1.04 bits per heavy atom. The Morgan fingerprint density at radius 2 is 1.89 bits per heavy atom. The molecule has 2 heterocycles. The molecule has 5 nitrogen and oxygen atoms in total. The number of halogens is 1. The van der Waals surface area contributed by atoms with Gasteiger partial charge in [0.25, 0.3) is 0 Å². The summed E-state index contributed by atoms with van der Waals surface area (Å²) in [4.78, 5) is 12.4. The number of nitrogens with one attached hydrogen (secondary N) is 3. The summed E-state index contributed by atoms with van der Waals surface area (Å²) in [6.45, 7) is 4.74. The molecular formula is C22H22ClN5. The Morgan fingerprint density at radius 3 is 2.75 bits per heavy atom. The van der Waals surface area contributed by atoms with Gasteiger partial charge in [-0.3, -0.25) is 0 Å². The number of rotatable bonds is 6. The molecule has 3 N–H and O–H groups in total. The van der Waals surface area contributed by atoms with Crippen molar-refractivity contribution in [3.05, 3.63) is 76.6 Å². The van der Waals surface area contributed by atoms with Gasteiger partial charge in [0.1, 0.15) is 5.82 Å². The second-order valence-corrected chi connectivity index (χ2v) is 7.28. The quantitative estimate of drug-likeness (QED) is 0.398. The minimum absolute atomic E-state index is 0.619. The molecular weight excluding hydrogens is 370 g/mol. The Balaban J connectivity index is 1.45. The summed E-state index contributed by atoms with van der Waals surface area (Å²) in [7, 11) is 0. The third kappa shape index (κ3) is 4.10. The zero-order chi connectivity index (χ0) is 19.5. The Bertz CT molecular complexity index is 1120. The smallest absolute Gasteiger partial charge is 0.224 e. The molecule has 0 saturated heterocycles. The molecule has 0 aliphatic carbocycles. The van der Waals surface area contributed by atoms with Crippen LogP contribution in [0.15, 0.2) is 54.7 Å². The van der Waals surface area contributed by atoms with Gasteiger partial charge in [-0.15, -0.1) is 0 Å². The van der Waals surface area contributed by atoms with Crippen LogP contribution in [0.3, 0.4) is 0 Å². The van der Waals surface area contributed by atoms with Gasteiger partial charge in [-0.1, -0.05) is 29.8 Å². The molecule has 2 aromatic heterocycles. The number of aromatic amines is 1. The molecule has 0 bridgehead atoms. The van der Waals surface area contributed by atoms with Crippen molar-refractivity contribution in [2.24, 2.45) is 0 Å². The molecule has 142 valence electrons. The topological polar surface area (TPSA) is 65.6 Å². The lowest BCUT2D eigenvalue weighted by atomic mass is 10.1. The zero-order valence-electron chi connectivity index (χ0n) is 15.9. The van der Waals surface area contributed by atoms with Crippen LogP contribution in [0.25, 0.3) is 10.9 Å². The summed E-state index contributed by atoms with van der Waals surface area (Å²) >= 11 is 6.04. The molecule has 0 spiro atoms. The molecule has 0 fully saturated rings. The highest BCUT2D eigenvalue weighted by Gasteiger charge is 2.06. The van der Waals surface area contributed by atoms with E-state index in [0.717, 1.165) is 46.3 Å². The molecule has 2 aromatic carbocycles. The molecule has 4 aromatic rings. The zero-order valence-corrected chi connectivity index (χ0v) is 16.6. The van der Waals surface area contributed by atoms with Gasteiger partial charge in [0.05, 0.1) is 0 Å². The number of nitrogens with zero attached hydrogens (tertiary/aromatic N) is 2. The van der Waals surface area contributed by atoms with E-state index in [0.29, 0.717) is 5.95 Å². The Hall–Kier alpha value is -3.05. The van der Waals surface area contributed by atoms with Crippen LogP contribution >= 0.6 is 11.6 Å². The summed E-state index contributed by atoms with van der Waals surface area (Å²) in [5, 5.41) is 8.68. The second kappa shape index (κ2) is 7.90.